The molecular weight excluding hydrogens is 1450 g/mol. The summed E-state index contributed by atoms with van der Waals surface area (Å²) in [5.41, 5.74) is 29.9. The van der Waals surface area contributed by atoms with Gasteiger partial charge in [0.25, 0.3) is 0 Å². The van der Waals surface area contributed by atoms with Gasteiger partial charge in [-0.3, -0.25) is 4.98 Å². The minimum atomic E-state index is 0.548. The second-order valence-corrected chi connectivity index (χ2v) is 29.0. The molecule has 0 N–H and O–H groups in total. The third kappa shape index (κ3) is 13.8. The second-order valence-electron chi connectivity index (χ2n) is 29.0. The molecule has 7 aromatic heterocycles. The lowest BCUT2D eigenvalue weighted by Crippen LogP contribution is -2.00. The number of rotatable bonds is 14. The fourth-order valence-corrected chi connectivity index (χ4v) is 15.6. The van der Waals surface area contributed by atoms with E-state index in [0.717, 1.165) is 172 Å². The van der Waals surface area contributed by atoms with Gasteiger partial charge in [0.1, 0.15) is 16.7 Å². The van der Waals surface area contributed by atoms with E-state index in [1.807, 2.05) is 134 Å². The van der Waals surface area contributed by atoms with Crippen molar-refractivity contribution in [3.05, 3.63) is 401 Å². The van der Waals surface area contributed by atoms with Crippen LogP contribution in [-0.2, 0) is 0 Å². The molecule has 7 heterocycles. The van der Waals surface area contributed by atoms with Crippen LogP contribution in [0.4, 0.5) is 0 Å². The highest BCUT2D eigenvalue weighted by Crippen LogP contribution is 2.43. The fourth-order valence-electron chi connectivity index (χ4n) is 15.6. The highest BCUT2D eigenvalue weighted by atomic mass is 16.3. The molecule has 0 bridgehead atoms. The van der Waals surface area contributed by atoms with E-state index in [2.05, 4.69) is 267 Å². The summed E-state index contributed by atoms with van der Waals surface area (Å²) in [5.74, 6) is 3.74. The smallest absolute Gasteiger partial charge is 0.246 e. The van der Waals surface area contributed by atoms with Crippen LogP contribution in [0, 0.1) is 0 Å². The summed E-state index contributed by atoms with van der Waals surface area (Å²) in [6, 6.07) is 135. The molecule has 0 fully saturated rings. The third-order valence-electron chi connectivity index (χ3n) is 21.5. The number of fused-ring (bicyclic) bond motifs is 8. The Labute approximate surface area is 678 Å². The Morgan fingerprint density at radius 1 is 0.169 bits per heavy atom. The van der Waals surface area contributed by atoms with Gasteiger partial charge in [-0.25, -0.2) is 44.9 Å². The van der Waals surface area contributed by atoms with Crippen molar-refractivity contribution in [3.63, 3.8) is 0 Å². The molecule has 22 rings (SSSR count). The molecule has 0 aliphatic carbocycles. The van der Waals surface area contributed by atoms with E-state index < -0.39 is 0 Å². The summed E-state index contributed by atoms with van der Waals surface area (Å²) in [7, 11) is 0. The largest absolute Gasteiger partial charge is 0.438 e. The molecule has 0 aliphatic heterocycles. The number of furan rings is 2. The molecule has 0 aliphatic rings. The average Bonchev–Trinajstić information content (AvgIpc) is 1.10. The predicted molar refractivity (Wildman–Crippen MR) is 477 cm³/mol. The van der Waals surface area contributed by atoms with E-state index in [0.29, 0.717) is 46.4 Å². The first kappa shape index (κ1) is 69.7. The molecular formula is C106H66N10O2. The van der Waals surface area contributed by atoms with Crippen molar-refractivity contribution < 1.29 is 8.83 Å². The molecule has 0 amide bonds. The number of pyridine rings is 2. The van der Waals surface area contributed by atoms with Crippen LogP contribution < -0.4 is 0 Å². The van der Waals surface area contributed by atoms with E-state index in [1.165, 1.54) is 5.56 Å². The molecule has 0 saturated carbocycles. The van der Waals surface area contributed by atoms with Gasteiger partial charge in [-0.05, 0) is 162 Å². The van der Waals surface area contributed by atoms with Gasteiger partial charge in [0.15, 0.2) is 34.9 Å². The summed E-state index contributed by atoms with van der Waals surface area (Å²) in [6.45, 7) is 0. The Morgan fingerprint density at radius 2 is 0.475 bits per heavy atom. The van der Waals surface area contributed by atoms with Crippen molar-refractivity contribution in [2.75, 3.05) is 0 Å². The average molecular weight is 1510 g/mol. The molecule has 12 nitrogen and oxygen atoms in total. The predicted octanol–water partition coefficient (Wildman–Crippen LogP) is 26.8. The van der Waals surface area contributed by atoms with Crippen molar-refractivity contribution in [3.8, 4) is 157 Å². The Kier molecular flexibility index (Phi) is 18.0. The van der Waals surface area contributed by atoms with Crippen LogP contribution in [0.15, 0.2) is 409 Å². The molecule has 0 radical (unpaired) electrons. The first-order valence-electron chi connectivity index (χ1n) is 39.1. The highest BCUT2D eigenvalue weighted by molar-refractivity contribution is 6.18. The summed E-state index contributed by atoms with van der Waals surface area (Å²) in [4.78, 5) is 49.3. The standard InChI is InChI=1S/2C53H33N5O/c1-3-13-34(14-4-1)35-26-28-37(29-27-35)51-56-50(36-15-5-2-6-16-36)57-52(58-51)43-22-11-20-41(33-43)39-18-9-17-38(31-39)40-19-10-21-42(32-40)47-48-44-23-7-8-25-46(44)59-53(48)55-45-24-12-30-54-49(45)47;1-3-12-34(13-4-1)35-24-26-37(27-25-35)51-56-50(36-14-5-2-6-15-36)57-52(58-51)44-21-11-20-42(32-44)40-18-9-16-38(30-40)39-17-10-19-41(31-39)43-28-29-45-48(33-43)59-53-49(45)54-46-22-7-8-23-47(46)55-53/h2*1-33H. The van der Waals surface area contributed by atoms with E-state index in [-0.39, 0.29) is 0 Å². The van der Waals surface area contributed by atoms with Crippen molar-refractivity contribution in [2.24, 2.45) is 0 Å². The molecule has 552 valence electrons. The minimum Gasteiger partial charge on any atom is -0.438 e. The van der Waals surface area contributed by atoms with Gasteiger partial charge in [0.2, 0.25) is 11.4 Å². The summed E-state index contributed by atoms with van der Waals surface area (Å²) in [5, 5.41) is 2.94. The summed E-state index contributed by atoms with van der Waals surface area (Å²) < 4.78 is 12.5. The number of benzene rings is 15. The van der Waals surface area contributed by atoms with Gasteiger partial charge in [-0.2, -0.15) is 0 Å². The lowest BCUT2D eigenvalue weighted by atomic mass is 9.94. The Morgan fingerprint density at radius 3 is 0.941 bits per heavy atom. The van der Waals surface area contributed by atoms with Crippen LogP contribution in [0.5, 0.6) is 0 Å². The van der Waals surface area contributed by atoms with E-state index in [4.69, 9.17) is 58.7 Å². The molecule has 15 aromatic carbocycles. The van der Waals surface area contributed by atoms with Gasteiger partial charge in [-0.15, -0.1) is 0 Å². The van der Waals surface area contributed by atoms with Gasteiger partial charge >= 0.3 is 0 Å². The lowest BCUT2D eigenvalue weighted by Gasteiger charge is -2.12. The van der Waals surface area contributed by atoms with Crippen LogP contribution in [-0.4, -0.2) is 49.8 Å². The van der Waals surface area contributed by atoms with Crippen molar-refractivity contribution in [1.82, 2.24) is 49.8 Å². The summed E-state index contributed by atoms with van der Waals surface area (Å²) in [6.07, 6.45) is 1.83. The molecule has 0 spiro atoms. The van der Waals surface area contributed by atoms with Gasteiger partial charge in [-0.1, -0.05) is 315 Å². The topological polar surface area (TPSA) is 155 Å². The Bertz CT molecular complexity index is 7550. The summed E-state index contributed by atoms with van der Waals surface area (Å²) >= 11 is 0. The van der Waals surface area contributed by atoms with Crippen molar-refractivity contribution >= 4 is 66.3 Å². The molecule has 22 aromatic rings. The van der Waals surface area contributed by atoms with Crippen LogP contribution in [0.3, 0.4) is 0 Å². The zero-order valence-corrected chi connectivity index (χ0v) is 63.4. The molecule has 118 heavy (non-hydrogen) atoms. The van der Waals surface area contributed by atoms with Crippen molar-refractivity contribution in [2.45, 2.75) is 0 Å². The quantitative estimate of drug-likeness (QED) is 0.102. The first-order valence-corrected chi connectivity index (χ1v) is 39.1. The van der Waals surface area contributed by atoms with E-state index in [9.17, 15) is 0 Å². The molecule has 12 heteroatoms. The zero-order valence-electron chi connectivity index (χ0n) is 63.4. The number of hydrogen-bond donors (Lipinski definition) is 0. The van der Waals surface area contributed by atoms with Crippen LogP contribution in [0.2, 0.25) is 0 Å². The van der Waals surface area contributed by atoms with Crippen LogP contribution in [0.1, 0.15) is 0 Å². The molecule has 0 saturated heterocycles. The van der Waals surface area contributed by atoms with Gasteiger partial charge in [0, 0.05) is 55.9 Å². The highest BCUT2D eigenvalue weighted by Gasteiger charge is 2.22. The SMILES string of the molecule is c1ccc(-c2ccc(-c3nc(-c4ccccc4)nc(-c4cccc(-c5cccc(-c6cccc(-c7c8ncccc8nc8oc9ccccc9c78)c6)c5)c4)n3)cc2)cc1.c1ccc(-c2ccc(-c3nc(-c4ccccc4)nc(-c4cccc(-c5cccc(-c6cccc(-c7ccc8c(c7)oc7nc9ccccc9nc78)c6)c5)c4)n3)cc2)cc1. The normalized spacial score (nSPS) is 11.4. The van der Waals surface area contributed by atoms with E-state index in [1.54, 1.807) is 0 Å². The maximum absolute atomic E-state index is 6.27. The first-order chi connectivity index (χ1) is 58.4. The maximum atomic E-state index is 6.27. The monoisotopic (exact) mass is 1510 g/mol. The lowest BCUT2D eigenvalue weighted by molar-refractivity contribution is 0.655. The van der Waals surface area contributed by atoms with Crippen LogP contribution in [0.25, 0.3) is 224 Å². The minimum absolute atomic E-state index is 0.548. The Hall–Kier alpha value is -16.2. The van der Waals surface area contributed by atoms with Crippen LogP contribution >= 0.6 is 0 Å². The fraction of sp³-hybridized carbons (Fsp3) is 0. The zero-order chi connectivity index (χ0) is 78.2. The van der Waals surface area contributed by atoms with E-state index >= 15 is 0 Å². The Balaban J connectivity index is 0.000000147. The van der Waals surface area contributed by atoms with Gasteiger partial charge < -0.3 is 8.83 Å². The maximum Gasteiger partial charge on any atom is 0.246 e. The molecule has 0 unspecified atom stereocenters. The second kappa shape index (κ2) is 30.4. The number of hydrogen-bond acceptors (Lipinski definition) is 12. The van der Waals surface area contributed by atoms with Gasteiger partial charge in [0.05, 0.1) is 27.5 Å². The molecule has 0 atom stereocenters. The number of nitrogens with zero attached hydrogens (tertiary/aromatic N) is 10. The number of para-hydroxylation sites is 3. The number of aromatic nitrogens is 10. The van der Waals surface area contributed by atoms with Crippen molar-refractivity contribution in [1.29, 1.82) is 0 Å². The third-order valence-corrected chi connectivity index (χ3v) is 21.5.